The van der Waals surface area contributed by atoms with E-state index in [0.29, 0.717) is 13.2 Å². The van der Waals surface area contributed by atoms with Crippen molar-refractivity contribution in [2.24, 2.45) is 5.73 Å². The monoisotopic (exact) mass is 202 g/mol. The second-order valence-electron chi connectivity index (χ2n) is 3.38. The Balaban J connectivity index is 1.96. The fraction of sp³-hybridized carbons (Fsp3) is 0.167. The van der Waals surface area contributed by atoms with Crippen LogP contribution in [0.3, 0.4) is 0 Å². The predicted octanol–water partition coefficient (Wildman–Crippen LogP) is 1.49. The Morgan fingerprint density at radius 1 is 1.27 bits per heavy atom. The molecular formula is C12H14N2O. The van der Waals surface area contributed by atoms with E-state index >= 15 is 0 Å². The van der Waals surface area contributed by atoms with Crippen LogP contribution in [0, 0.1) is 0 Å². The van der Waals surface area contributed by atoms with E-state index in [-0.39, 0.29) is 0 Å². The minimum absolute atomic E-state index is 0.557. The zero-order chi connectivity index (χ0) is 10.5. The molecule has 1 aliphatic rings. The number of allylic oxidation sites excluding steroid dienone is 1. The minimum atomic E-state index is 0.557. The van der Waals surface area contributed by atoms with E-state index in [4.69, 9.17) is 10.5 Å². The van der Waals surface area contributed by atoms with E-state index in [1.54, 1.807) is 0 Å². The summed E-state index contributed by atoms with van der Waals surface area (Å²) < 4.78 is 5.61. The number of ether oxygens (including phenoxy) is 1. The molecule has 0 aliphatic carbocycles. The highest BCUT2D eigenvalue weighted by Gasteiger charge is 2.05. The average Bonchev–Trinajstić information content (AvgIpc) is 2.29. The Bertz CT molecular complexity index is 382. The van der Waals surface area contributed by atoms with Crippen molar-refractivity contribution in [1.82, 2.24) is 5.32 Å². The fourth-order valence-corrected chi connectivity index (χ4v) is 1.37. The molecular weight excluding hydrogens is 188 g/mol. The largest absolute Gasteiger partial charge is 0.487 e. The van der Waals surface area contributed by atoms with Crippen LogP contribution in [0.5, 0.6) is 0 Å². The first kappa shape index (κ1) is 9.65. The van der Waals surface area contributed by atoms with Crippen molar-refractivity contribution in [2.75, 3.05) is 6.54 Å². The van der Waals surface area contributed by atoms with Gasteiger partial charge < -0.3 is 15.8 Å². The lowest BCUT2D eigenvalue weighted by Crippen LogP contribution is -2.21. The maximum Gasteiger partial charge on any atom is 0.141 e. The topological polar surface area (TPSA) is 47.3 Å². The number of hydrogen-bond donors (Lipinski definition) is 2. The Labute approximate surface area is 89.2 Å². The fourth-order valence-electron chi connectivity index (χ4n) is 1.37. The number of nitrogens with two attached hydrogens (primary N) is 1. The Kier molecular flexibility index (Phi) is 2.93. The normalized spacial score (nSPS) is 14.9. The lowest BCUT2D eigenvalue weighted by Gasteiger charge is -2.14. The lowest BCUT2D eigenvalue weighted by molar-refractivity contribution is 0.205. The predicted molar refractivity (Wildman–Crippen MR) is 59.6 cm³/mol. The quantitative estimate of drug-likeness (QED) is 0.780. The summed E-state index contributed by atoms with van der Waals surface area (Å²) in [5, 5.41) is 3.02. The van der Waals surface area contributed by atoms with E-state index in [1.807, 2.05) is 42.6 Å². The lowest BCUT2D eigenvalue weighted by atomic mass is 10.2. The van der Waals surface area contributed by atoms with Crippen molar-refractivity contribution in [1.29, 1.82) is 0 Å². The number of benzene rings is 1. The first-order valence-corrected chi connectivity index (χ1v) is 4.91. The molecule has 0 unspecified atom stereocenters. The number of nitrogens with one attached hydrogen (secondary N) is 1. The smallest absolute Gasteiger partial charge is 0.141 e. The second-order valence-corrected chi connectivity index (χ2v) is 3.38. The molecule has 1 aromatic carbocycles. The first-order chi connectivity index (χ1) is 7.36. The molecule has 3 N–H and O–H groups in total. The van der Waals surface area contributed by atoms with Crippen LogP contribution in [0.2, 0.25) is 0 Å². The van der Waals surface area contributed by atoms with Gasteiger partial charge in [0.05, 0.1) is 12.2 Å². The summed E-state index contributed by atoms with van der Waals surface area (Å²) in [5.74, 6) is 0.762. The highest BCUT2D eigenvalue weighted by molar-refractivity contribution is 5.23. The van der Waals surface area contributed by atoms with Gasteiger partial charge in [0.1, 0.15) is 12.4 Å². The third kappa shape index (κ3) is 2.53. The van der Waals surface area contributed by atoms with Crippen LogP contribution < -0.4 is 11.1 Å². The summed E-state index contributed by atoms with van der Waals surface area (Å²) in [6, 6.07) is 10.0. The summed E-state index contributed by atoms with van der Waals surface area (Å²) in [7, 11) is 0. The van der Waals surface area contributed by atoms with Gasteiger partial charge in [0.15, 0.2) is 0 Å². The zero-order valence-corrected chi connectivity index (χ0v) is 8.44. The molecule has 3 nitrogen and oxygen atoms in total. The van der Waals surface area contributed by atoms with Crippen LogP contribution in [0.15, 0.2) is 54.1 Å². The Hall–Kier alpha value is -1.90. The highest BCUT2D eigenvalue weighted by atomic mass is 16.5. The van der Waals surface area contributed by atoms with Crippen LogP contribution in [-0.4, -0.2) is 6.54 Å². The molecule has 0 saturated carbocycles. The Morgan fingerprint density at radius 3 is 2.80 bits per heavy atom. The van der Waals surface area contributed by atoms with E-state index < -0.39 is 0 Å². The van der Waals surface area contributed by atoms with Crippen molar-refractivity contribution in [3.8, 4) is 0 Å². The van der Waals surface area contributed by atoms with Crippen molar-refractivity contribution >= 4 is 0 Å². The number of dihydropyridines is 1. The van der Waals surface area contributed by atoms with Crippen LogP contribution in [0.1, 0.15) is 5.56 Å². The molecule has 0 saturated heterocycles. The summed E-state index contributed by atoms with van der Waals surface area (Å²) in [5.41, 5.74) is 7.67. The number of hydrogen-bond acceptors (Lipinski definition) is 3. The molecule has 0 atom stereocenters. The van der Waals surface area contributed by atoms with Crippen molar-refractivity contribution < 1.29 is 4.74 Å². The van der Waals surface area contributed by atoms with Gasteiger partial charge in [0.2, 0.25) is 0 Å². The summed E-state index contributed by atoms with van der Waals surface area (Å²) in [4.78, 5) is 0. The van der Waals surface area contributed by atoms with Crippen molar-refractivity contribution in [2.45, 2.75) is 6.61 Å². The molecule has 2 rings (SSSR count). The highest BCUT2D eigenvalue weighted by Crippen LogP contribution is 2.10. The van der Waals surface area contributed by atoms with Gasteiger partial charge in [-0.25, -0.2) is 0 Å². The van der Waals surface area contributed by atoms with E-state index in [1.165, 1.54) is 0 Å². The maximum absolute atomic E-state index is 5.78. The summed E-state index contributed by atoms with van der Waals surface area (Å²) >= 11 is 0. The van der Waals surface area contributed by atoms with Crippen LogP contribution in [0.4, 0.5) is 0 Å². The standard InChI is InChI=1S/C12H14N2O/c13-11-8-14-7-6-12(11)15-9-10-4-2-1-3-5-10/h1-7,14H,8-9,13H2. The zero-order valence-electron chi connectivity index (χ0n) is 8.44. The summed E-state index contributed by atoms with van der Waals surface area (Å²) in [6.07, 6.45) is 3.69. The van der Waals surface area contributed by atoms with E-state index in [9.17, 15) is 0 Å². The van der Waals surface area contributed by atoms with E-state index in [2.05, 4.69) is 5.32 Å². The average molecular weight is 202 g/mol. The van der Waals surface area contributed by atoms with Gasteiger partial charge in [-0.3, -0.25) is 0 Å². The van der Waals surface area contributed by atoms with Gasteiger partial charge in [0, 0.05) is 6.20 Å². The molecule has 0 spiro atoms. The molecule has 0 radical (unpaired) electrons. The first-order valence-electron chi connectivity index (χ1n) is 4.91. The van der Waals surface area contributed by atoms with Gasteiger partial charge >= 0.3 is 0 Å². The molecule has 1 heterocycles. The van der Waals surface area contributed by atoms with Gasteiger partial charge in [0.25, 0.3) is 0 Å². The van der Waals surface area contributed by atoms with E-state index in [0.717, 1.165) is 17.0 Å². The van der Waals surface area contributed by atoms with Gasteiger partial charge in [-0.2, -0.15) is 0 Å². The maximum atomic E-state index is 5.78. The Morgan fingerprint density at radius 2 is 2.07 bits per heavy atom. The molecule has 1 aromatic rings. The van der Waals surface area contributed by atoms with Crippen molar-refractivity contribution in [3.63, 3.8) is 0 Å². The molecule has 1 aliphatic heterocycles. The SMILES string of the molecule is NC1=C(OCc2ccccc2)C=CNC1. The molecule has 3 heteroatoms. The molecule has 0 aromatic heterocycles. The molecule has 0 amide bonds. The van der Waals surface area contributed by atoms with Crippen LogP contribution in [-0.2, 0) is 11.3 Å². The van der Waals surface area contributed by atoms with Gasteiger partial charge in [-0.05, 0) is 11.6 Å². The third-order valence-electron chi connectivity index (χ3n) is 2.20. The van der Waals surface area contributed by atoms with Gasteiger partial charge in [-0.1, -0.05) is 30.3 Å². The van der Waals surface area contributed by atoms with Crippen LogP contribution in [0.25, 0.3) is 0 Å². The molecule has 78 valence electrons. The number of rotatable bonds is 3. The minimum Gasteiger partial charge on any atom is -0.487 e. The van der Waals surface area contributed by atoms with Gasteiger partial charge in [-0.15, -0.1) is 0 Å². The molecule has 0 bridgehead atoms. The molecule has 0 fully saturated rings. The molecule has 15 heavy (non-hydrogen) atoms. The van der Waals surface area contributed by atoms with Crippen molar-refractivity contribution in [3.05, 3.63) is 59.6 Å². The van der Waals surface area contributed by atoms with Crippen LogP contribution >= 0.6 is 0 Å². The third-order valence-corrected chi connectivity index (χ3v) is 2.20. The second kappa shape index (κ2) is 4.55. The summed E-state index contributed by atoms with van der Waals surface area (Å²) in [6.45, 7) is 1.21.